The van der Waals surface area contributed by atoms with E-state index in [0.29, 0.717) is 11.6 Å². The standard InChI is InChI=1S/C19H21BrClNO2/c1-2-8-22-11-17(12-22)24-19-10-15(20)6-7-18(19)23-13-14-4-3-5-16(21)9-14/h3-7,9-10,17H,2,8,11-13H2,1H3. The number of ether oxygens (including phenoxy) is 2. The van der Waals surface area contributed by atoms with Crippen LogP contribution in [0.25, 0.3) is 0 Å². The maximum Gasteiger partial charge on any atom is 0.162 e. The molecule has 1 aliphatic heterocycles. The average Bonchev–Trinajstić information content (AvgIpc) is 2.52. The molecule has 24 heavy (non-hydrogen) atoms. The number of benzene rings is 2. The minimum atomic E-state index is 0.236. The van der Waals surface area contributed by atoms with Gasteiger partial charge in [-0.25, -0.2) is 0 Å². The molecule has 3 nitrogen and oxygen atoms in total. The molecule has 0 spiro atoms. The number of nitrogens with zero attached hydrogens (tertiary/aromatic N) is 1. The van der Waals surface area contributed by atoms with E-state index >= 15 is 0 Å². The molecule has 0 radical (unpaired) electrons. The maximum atomic E-state index is 6.13. The first-order valence-corrected chi connectivity index (χ1v) is 9.37. The van der Waals surface area contributed by atoms with Crippen molar-refractivity contribution < 1.29 is 9.47 Å². The van der Waals surface area contributed by atoms with E-state index in [-0.39, 0.29) is 6.10 Å². The SMILES string of the molecule is CCCN1CC(Oc2cc(Br)ccc2OCc2cccc(Cl)c2)C1. The van der Waals surface area contributed by atoms with Crippen molar-refractivity contribution in [2.45, 2.75) is 26.1 Å². The van der Waals surface area contributed by atoms with Crippen molar-refractivity contribution in [1.82, 2.24) is 4.90 Å². The first kappa shape index (κ1) is 17.6. The van der Waals surface area contributed by atoms with Crippen molar-refractivity contribution in [3.8, 4) is 11.5 Å². The lowest BCUT2D eigenvalue weighted by Gasteiger charge is -2.39. The van der Waals surface area contributed by atoms with E-state index < -0.39 is 0 Å². The van der Waals surface area contributed by atoms with E-state index in [4.69, 9.17) is 21.1 Å². The van der Waals surface area contributed by atoms with Crippen LogP contribution in [0.15, 0.2) is 46.9 Å². The third-order valence-electron chi connectivity index (χ3n) is 3.95. The van der Waals surface area contributed by atoms with Gasteiger partial charge in [0.15, 0.2) is 11.5 Å². The first-order chi connectivity index (χ1) is 11.6. The fraction of sp³-hybridized carbons (Fsp3) is 0.368. The third kappa shape index (κ3) is 4.65. The van der Waals surface area contributed by atoms with E-state index in [1.165, 1.54) is 6.42 Å². The summed E-state index contributed by atoms with van der Waals surface area (Å²) in [5.74, 6) is 1.54. The Balaban J connectivity index is 1.63. The van der Waals surface area contributed by atoms with Crippen LogP contribution in [-0.4, -0.2) is 30.6 Å². The zero-order valence-corrected chi connectivity index (χ0v) is 16.0. The van der Waals surface area contributed by atoms with Gasteiger partial charge in [0, 0.05) is 22.6 Å². The van der Waals surface area contributed by atoms with E-state index in [1.54, 1.807) is 0 Å². The summed E-state index contributed by atoms with van der Waals surface area (Å²) < 4.78 is 13.1. The molecule has 1 heterocycles. The molecule has 0 aromatic heterocycles. The molecule has 5 heteroatoms. The molecule has 0 unspecified atom stereocenters. The number of hydrogen-bond donors (Lipinski definition) is 0. The second-order valence-corrected chi connectivity index (χ2v) is 7.36. The number of likely N-dealkylation sites (tertiary alicyclic amines) is 1. The summed E-state index contributed by atoms with van der Waals surface area (Å²) in [4.78, 5) is 2.40. The second-order valence-electron chi connectivity index (χ2n) is 6.01. The van der Waals surface area contributed by atoms with Crippen molar-refractivity contribution in [3.05, 3.63) is 57.5 Å². The summed E-state index contributed by atoms with van der Waals surface area (Å²) in [5.41, 5.74) is 1.04. The van der Waals surface area contributed by atoms with Crippen LogP contribution in [0.4, 0.5) is 0 Å². The highest BCUT2D eigenvalue weighted by molar-refractivity contribution is 9.10. The minimum absolute atomic E-state index is 0.236. The average molecular weight is 411 g/mol. The topological polar surface area (TPSA) is 21.7 Å². The predicted octanol–water partition coefficient (Wildman–Crippen LogP) is 5.15. The fourth-order valence-electron chi connectivity index (χ4n) is 2.76. The molecule has 0 N–H and O–H groups in total. The van der Waals surface area contributed by atoms with Gasteiger partial charge >= 0.3 is 0 Å². The van der Waals surface area contributed by atoms with Gasteiger partial charge in [-0.2, -0.15) is 0 Å². The Morgan fingerprint density at radius 2 is 2.00 bits per heavy atom. The van der Waals surface area contributed by atoms with Crippen molar-refractivity contribution in [1.29, 1.82) is 0 Å². The Morgan fingerprint density at radius 1 is 1.17 bits per heavy atom. The van der Waals surface area contributed by atoms with Crippen LogP contribution in [0.2, 0.25) is 5.02 Å². The highest BCUT2D eigenvalue weighted by Gasteiger charge is 2.28. The van der Waals surface area contributed by atoms with Gasteiger partial charge in [0.2, 0.25) is 0 Å². The fourth-order valence-corrected chi connectivity index (χ4v) is 3.31. The number of hydrogen-bond acceptors (Lipinski definition) is 3. The van der Waals surface area contributed by atoms with Crippen LogP contribution in [0.5, 0.6) is 11.5 Å². The summed E-state index contributed by atoms with van der Waals surface area (Å²) in [5, 5.41) is 0.717. The molecule has 1 aliphatic rings. The quantitative estimate of drug-likeness (QED) is 0.630. The van der Waals surface area contributed by atoms with Gasteiger partial charge < -0.3 is 9.47 Å². The molecule has 0 saturated carbocycles. The molecular weight excluding hydrogens is 390 g/mol. The lowest BCUT2D eigenvalue weighted by Crippen LogP contribution is -2.53. The van der Waals surface area contributed by atoms with Gasteiger partial charge in [-0.3, -0.25) is 4.90 Å². The Hall–Kier alpha value is -1.23. The normalized spacial score (nSPS) is 15.1. The van der Waals surface area contributed by atoms with E-state index in [1.807, 2.05) is 42.5 Å². The van der Waals surface area contributed by atoms with Gasteiger partial charge in [-0.15, -0.1) is 0 Å². The van der Waals surface area contributed by atoms with Crippen LogP contribution in [0.3, 0.4) is 0 Å². The molecule has 1 fully saturated rings. The van der Waals surface area contributed by atoms with Crippen LogP contribution in [-0.2, 0) is 6.61 Å². The van der Waals surface area contributed by atoms with Crippen LogP contribution in [0, 0.1) is 0 Å². The maximum absolute atomic E-state index is 6.13. The van der Waals surface area contributed by atoms with Crippen LogP contribution < -0.4 is 9.47 Å². The summed E-state index contributed by atoms with van der Waals surface area (Å²) in [6, 6.07) is 13.6. The highest BCUT2D eigenvalue weighted by Crippen LogP contribution is 2.33. The largest absolute Gasteiger partial charge is 0.485 e. The number of rotatable bonds is 7. The van der Waals surface area contributed by atoms with Crippen LogP contribution in [0.1, 0.15) is 18.9 Å². The van der Waals surface area contributed by atoms with Gasteiger partial charge in [0.1, 0.15) is 12.7 Å². The summed E-state index contributed by atoms with van der Waals surface area (Å²) in [6.07, 6.45) is 1.41. The molecule has 2 aromatic carbocycles. The van der Waals surface area contributed by atoms with Crippen LogP contribution >= 0.6 is 27.5 Å². The zero-order chi connectivity index (χ0) is 16.9. The highest BCUT2D eigenvalue weighted by atomic mass is 79.9. The molecule has 0 atom stereocenters. The van der Waals surface area contributed by atoms with Crippen molar-refractivity contribution in [2.24, 2.45) is 0 Å². The molecule has 0 bridgehead atoms. The summed E-state index contributed by atoms with van der Waals surface area (Å²) in [6.45, 7) is 5.76. The van der Waals surface area contributed by atoms with E-state index in [2.05, 4.69) is 27.8 Å². The van der Waals surface area contributed by atoms with E-state index in [9.17, 15) is 0 Å². The van der Waals surface area contributed by atoms with E-state index in [0.717, 1.165) is 41.2 Å². The molecule has 128 valence electrons. The smallest absolute Gasteiger partial charge is 0.162 e. The van der Waals surface area contributed by atoms with Crippen molar-refractivity contribution in [3.63, 3.8) is 0 Å². The Morgan fingerprint density at radius 3 is 2.75 bits per heavy atom. The van der Waals surface area contributed by atoms with Gasteiger partial charge in [-0.1, -0.05) is 46.6 Å². The molecule has 3 rings (SSSR count). The number of halogens is 2. The monoisotopic (exact) mass is 409 g/mol. The molecule has 2 aromatic rings. The third-order valence-corrected chi connectivity index (χ3v) is 4.67. The van der Waals surface area contributed by atoms with Gasteiger partial charge in [0.25, 0.3) is 0 Å². The van der Waals surface area contributed by atoms with Crippen molar-refractivity contribution in [2.75, 3.05) is 19.6 Å². The Kier molecular flexibility index (Phi) is 6.04. The lowest BCUT2D eigenvalue weighted by atomic mass is 10.1. The molecule has 1 saturated heterocycles. The van der Waals surface area contributed by atoms with Gasteiger partial charge in [0.05, 0.1) is 0 Å². The molecule has 0 amide bonds. The summed E-state index contributed by atoms with van der Waals surface area (Å²) >= 11 is 9.53. The minimum Gasteiger partial charge on any atom is -0.485 e. The Labute approximate surface area is 156 Å². The Bertz CT molecular complexity index is 689. The zero-order valence-electron chi connectivity index (χ0n) is 13.7. The molecular formula is C19H21BrClNO2. The first-order valence-electron chi connectivity index (χ1n) is 8.20. The predicted molar refractivity (Wildman–Crippen MR) is 101 cm³/mol. The lowest BCUT2D eigenvalue weighted by molar-refractivity contribution is 0.0181. The summed E-state index contributed by atoms with van der Waals surface area (Å²) in [7, 11) is 0. The van der Waals surface area contributed by atoms with Gasteiger partial charge in [-0.05, 0) is 48.9 Å². The second kappa shape index (κ2) is 8.24. The molecule has 0 aliphatic carbocycles. The van der Waals surface area contributed by atoms with Crippen molar-refractivity contribution >= 4 is 27.5 Å².